The van der Waals surface area contributed by atoms with Crippen molar-refractivity contribution in [2.75, 3.05) is 14.2 Å². The molecule has 29 heavy (non-hydrogen) atoms. The molecule has 0 saturated carbocycles. The van der Waals surface area contributed by atoms with Gasteiger partial charge in [-0.05, 0) is 17.7 Å². The summed E-state index contributed by atoms with van der Waals surface area (Å²) in [6, 6.07) is 7.24. The van der Waals surface area contributed by atoms with Crippen molar-refractivity contribution in [3.05, 3.63) is 74.9 Å². The summed E-state index contributed by atoms with van der Waals surface area (Å²) in [5.41, 5.74) is 0.549. The van der Waals surface area contributed by atoms with Crippen molar-refractivity contribution in [3.63, 3.8) is 0 Å². The van der Waals surface area contributed by atoms with Crippen LogP contribution in [0.1, 0.15) is 48.0 Å². The number of ketones is 2. The molecular formula is C21H20N2O6. The molecule has 0 radical (unpaired) electrons. The van der Waals surface area contributed by atoms with Gasteiger partial charge in [-0.2, -0.15) is 4.73 Å². The Morgan fingerprint density at radius 1 is 1.14 bits per heavy atom. The Hall–Kier alpha value is -3.68. The first-order valence-electron chi connectivity index (χ1n) is 8.82. The molecule has 8 nitrogen and oxygen atoms in total. The van der Waals surface area contributed by atoms with E-state index < -0.39 is 17.5 Å². The van der Waals surface area contributed by atoms with Gasteiger partial charge in [-0.1, -0.05) is 12.1 Å². The van der Waals surface area contributed by atoms with Crippen molar-refractivity contribution in [1.82, 2.24) is 5.32 Å². The summed E-state index contributed by atoms with van der Waals surface area (Å²) >= 11 is 0. The molecule has 1 N–H and O–H groups in total. The summed E-state index contributed by atoms with van der Waals surface area (Å²) in [5, 5.41) is 15.3. The lowest BCUT2D eigenvalue weighted by molar-refractivity contribution is -0.619. The average Bonchev–Trinajstić information content (AvgIpc) is 2.73. The van der Waals surface area contributed by atoms with E-state index in [9.17, 15) is 19.6 Å². The molecule has 1 aromatic carbocycles. The van der Waals surface area contributed by atoms with Crippen LogP contribution in [0.5, 0.6) is 5.75 Å². The largest absolute Gasteiger partial charge is 0.618 e. The molecule has 0 bridgehead atoms. The van der Waals surface area contributed by atoms with Gasteiger partial charge in [-0.25, -0.2) is 4.79 Å². The Morgan fingerprint density at radius 3 is 2.52 bits per heavy atom. The van der Waals surface area contributed by atoms with Gasteiger partial charge < -0.3 is 20.0 Å². The summed E-state index contributed by atoms with van der Waals surface area (Å²) in [7, 11) is 2.70. The van der Waals surface area contributed by atoms with Crippen LogP contribution in [0.4, 0.5) is 0 Å². The second-order valence-corrected chi connectivity index (χ2v) is 6.54. The van der Waals surface area contributed by atoms with E-state index in [-0.39, 0.29) is 40.3 Å². The standard InChI is InChI=1S/C21H20N2O6/c1-11-17-16(24)9-15(22-10-13-6-5-7-14(8-13)28-3)20(25)19(17)18(21(26)29-4)12(2)23(11)27/h5-9,22H,10H2,1-4H3. The second kappa shape index (κ2) is 7.75. The molecule has 0 atom stereocenters. The Bertz CT molecular complexity index is 1070. The highest BCUT2D eigenvalue weighted by molar-refractivity contribution is 6.27. The lowest BCUT2D eigenvalue weighted by atomic mass is 9.87. The van der Waals surface area contributed by atoms with Gasteiger partial charge in [-0.15, -0.1) is 0 Å². The SMILES string of the molecule is COC(=O)c1c2c(c(C)[n+]([O-])c1C)C(=O)C=C(NCc1cccc(OC)c1)C2=O. The molecule has 1 aliphatic carbocycles. The maximum absolute atomic E-state index is 13.1. The Balaban J connectivity index is 2.03. The third-order valence-corrected chi connectivity index (χ3v) is 4.83. The minimum Gasteiger partial charge on any atom is -0.618 e. The van der Waals surface area contributed by atoms with E-state index in [1.165, 1.54) is 13.8 Å². The van der Waals surface area contributed by atoms with Crippen LogP contribution < -0.4 is 14.8 Å². The first kappa shape index (κ1) is 20.1. The predicted molar refractivity (Wildman–Crippen MR) is 103 cm³/mol. The van der Waals surface area contributed by atoms with Gasteiger partial charge in [0.15, 0.2) is 5.78 Å². The monoisotopic (exact) mass is 396 g/mol. The zero-order chi connectivity index (χ0) is 21.3. The normalized spacial score (nSPS) is 12.9. The maximum Gasteiger partial charge on any atom is 0.345 e. The highest BCUT2D eigenvalue weighted by Gasteiger charge is 2.38. The van der Waals surface area contributed by atoms with Crippen molar-refractivity contribution >= 4 is 17.5 Å². The fourth-order valence-corrected chi connectivity index (χ4v) is 3.34. The first-order chi connectivity index (χ1) is 13.8. The van der Waals surface area contributed by atoms with Crippen LogP contribution in [0.2, 0.25) is 0 Å². The van der Waals surface area contributed by atoms with E-state index >= 15 is 0 Å². The summed E-state index contributed by atoms with van der Waals surface area (Å²) < 4.78 is 10.4. The number of nitrogens with zero attached hydrogens (tertiary/aromatic N) is 1. The number of aromatic nitrogens is 1. The fraction of sp³-hybridized carbons (Fsp3) is 0.238. The number of carbonyl (C=O) groups is 3. The van der Waals surface area contributed by atoms with Crippen LogP contribution >= 0.6 is 0 Å². The molecule has 0 aliphatic heterocycles. The number of esters is 1. The Labute approximate surface area is 167 Å². The van der Waals surface area contributed by atoms with Crippen molar-refractivity contribution in [2.45, 2.75) is 20.4 Å². The van der Waals surface area contributed by atoms with Crippen LogP contribution in [0.3, 0.4) is 0 Å². The number of pyridine rings is 1. The van der Waals surface area contributed by atoms with Gasteiger partial charge in [-0.3, -0.25) is 9.59 Å². The number of carbonyl (C=O) groups excluding carboxylic acids is 3. The number of methoxy groups -OCH3 is 2. The number of hydrogen-bond acceptors (Lipinski definition) is 7. The summed E-state index contributed by atoms with van der Waals surface area (Å²) in [4.78, 5) is 38.1. The van der Waals surface area contributed by atoms with Gasteiger partial charge in [0.1, 0.15) is 16.9 Å². The molecular weight excluding hydrogens is 376 g/mol. The summed E-state index contributed by atoms with van der Waals surface area (Å²) in [6.07, 6.45) is 1.15. The van der Waals surface area contributed by atoms with Crippen LogP contribution in [0.25, 0.3) is 0 Å². The number of allylic oxidation sites excluding steroid dienone is 2. The molecule has 0 fully saturated rings. The molecule has 1 aromatic heterocycles. The van der Waals surface area contributed by atoms with Crippen LogP contribution in [-0.4, -0.2) is 31.8 Å². The van der Waals surface area contributed by atoms with Gasteiger partial charge in [0.25, 0.3) is 0 Å². The molecule has 150 valence electrons. The molecule has 3 rings (SSSR count). The van der Waals surface area contributed by atoms with Gasteiger partial charge in [0.2, 0.25) is 17.2 Å². The first-order valence-corrected chi connectivity index (χ1v) is 8.82. The number of Topliss-reactive ketones (excluding diaryl/α,β-unsaturated/α-hetero) is 1. The number of fused-ring (bicyclic) bond motifs is 1. The predicted octanol–water partition coefficient (Wildman–Crippen LogP) is 1.78. The van der Waals surface area contributed by atoms with E-state index in [1.807, 2.05) is 12.1 Å². The molecule has 0 saturated heterocycles. The van der Waals surface area contributed by atoms with Crippen LogP contribution in [0.15, 0.2) is 36.0 Å². The zero-order valence-corrected chi connectivity index (χ0v) is 16.5. The lowest BCUT2D eigenvalue weighted by Crippen LogP contribution is -2.42. The molecule has 1 heterocycles. The van der Waals surface area contributed by atoms with E-state index in [0.717, 1.165) is 18.7 Å². The topological polar surface area (TPSA) is 109 Å². The van der Waals surface area contributed by atoms with Crippen molar-refractivity contribution in [2.24, 2.45) is 0 Å². The Morgan fingerprint density at radius 2 is 1.86 bits per heavy atom. The van der Waals surface area contributed by atoms with Crippen LogP contribution in [-0.2, 0) is 11.3 Å². The lowest BCUT2D eigenvalue weighted by Gasteiger charge is -2.21. The van der Waals surface area contributed by atoms with Gasteiger partial charge in [0, 0.05) is 26.5 Å². The van der Waals surface area contributed by atoms with E-state index in [2.05, 4.69) is 5.32 Å². The number of ether oxygens (including phenoxy) is 2. The number of benzene rings is 1. The molecule has 8 heteroatoms. The fourth-order valence-electron chi connectivity index (χ4n) is 3.34. The molecule has 1 aliphatic rings. The van der Waals surface area contributed by atoms with E-state index in [0.29, 0.717) is 10.5 Å². The van der Waals surface area contributed by atoms with Gasteiger partial charge in [0.05, 0.1) is 25.5 Å². The third-order valence-electron chi connectivity index (χ3n) is 4.83. The summed E-state index contributed by atoms with van der Waals surface area (Å²) in [5.74, 6) is -1.26. The summed E-state index contributed by atoms with van der Waals surface area (Å²) in [6.45, 7) is 3.11. The third kappa shape index (κ3) is 3.44. The highest BCUT2D eigenvalue weighted by Crippen LogP contribution is 2.27. The minimum absolute atomic E-state index is 0.00305. The molecule has 0 spiro atoms. The van der Waals surface area contributed by atoms with Gasteiger partial charge >= 0.3 is 5.97 Å². The Kier molecular flexibility index (Phi) is 5.36. The number of nitrogens with one attached hydrogen (secondary N) is 1. The molecule has 2 aromatic rings. The molecule has 0 unspecified atom stereocenters. The van der Waals surface area contributed by atoms with Crippen molar-refractivity contribution in [1.29, 1.82) is 0 Å². The second-order valence-electron chi connectivity index (χ2n) is 6.54. The zero-order valence-electron chi connectivity index (χ0n) is 16.5. The van der Waals surface area contributed by atoms with Crippen molar-refractivity contribution < 1.29 is 28.6 Å². The highest BCUT2D eigenvalue weighted by atomic mass is 16.5. The quantitative estimate of drug-likeness (QED) is 0.466. The van der Waals surface area contributed by atoms with E-state index in [4.69, 9.17) is 9.47 Å². The minimum atomic E-state index is -0.849. The van der Waals surface area contributed by atoms with Crippen molar-refractivity contribution in [3.8, 4) is 5.75 Å². The average molecular weight is 396 g/mol. The van der Waals surface area contributed by atoms with Crippen LogP contribution in [0, 0.1) is 19.1 Å². The number of hydrogen-bond donors (Lipinski definition) is 1. The number of rotatable bonds is 5. The smallest absolute Gasteiger partial charge is 0.345 e. The molecule has 0 amide bonds. The van der Waals surface area contributed by atoms with E-state index in [1.54, 1.807) is 19.2 Å². The maximum atomic E-state index is 13.1.